The van der Waals surface area contributed by atoms with Gasteiger partial charge < -0.3 is 9.84 Å². The summed E-state index contributed by atoms with van der Waals surface area (Å²) in [4.78, 5) is 0.720. The first kappa shape index (κ1) is 13.3. The molecule has 18 heavy (non-hydrogen) atoms. The summed E-state index contributed by atoms with van der Waals surface area (Å²) < 4.78 is 18.3. The van der Waals surface area contributed by atoms with Crippen molar-refractivity contribution in [1.82, 2.24) is 0 Å². The van der Waals surface area contributed by atoms with Crippen molar-refractivity contribution < 1.29 is 14.2 Å². The molecular weight excluding hydrogens is 275 g/mol. The Morgan fingerprint density at radius 2 is 2.22 bits per heavy atom. The second kappa shape index (κ2) is 5.69. The van der Waals surface area contributed by atoms with E-state index in [1.54, 1.807) is 13.2 Å². The van der Waals surface area contributed by atoms with Crippen LogP contribution < -0.4 is 4.74 Å². The summed E-state index contributed by atoms with van der Waals surface area (Å²) in [6.07, 6.45) is -0.493. The quantitative estimate of drug-likeness (QED) is 0.926. The highest BCUT2D eigenvalue weighted by Gasteiger charge is 2.17. The monoisotopic (exact) mass is 286 g/mol. The van der Waals surface area contributed by atoms with Crippen LogP contribution in [0.3, 0.4) is 0 Å². The fourth-order valence-corrected chi connectivity index (χ4v) is 2.76. The van der Waals surface area contributed by atoms with Crippen molar-refractivity contribution in [3.63, 3.8) is 0 Å². The zero-order valence-electron chi connectivity index (χ0n) is 9.69. The van der Waals surface area contributed by atoms with Gasteiger partial charge >= 0.3 is 0 Å². The highest BCUT2D eigenvalue weighted by molar-refractivity contribution is 7.10. The SMILES string of the molecule is COc1ccsc1C(O)Cc1cc(F)ccc1Cl. The molecule has 0 aliphatic heterocycles. The van der Waals surface area contributed by atoms with Gasteiger partial charge in [-0.1, -0.05) is 11.6 Å². The van der Waals surface area contributed by atoms with Crippen LogP contribution in [0.15, 0.2) is 29.6 Å². The fourth-order valence-electron chi connectivity index (χ4n) is 1.72. The first-order chi connectivity index (χ1) is 8.61. The molecule has 1 atom stereocenters. The van der Waals surface area contributed by atoms with Crippen LogP contribution in [0.1, 0.15) is 16.5 Å². The van der Waals surface area contributed by atoms with E-state index in [0.717, 1.165) is 4.88 Å². The third-order valence-electron chi connectivity index (χ3n) is 2.60. The largest absolute Gasteiger partial charge is 0.495 e. The van der Waals surface area contributed by atoms with Gasteiger partial charge in [0.15, 0.2) is 0 Å². The number of aliphatic hydroxyl groups is 1. The number of benzene rings is 1. The lowest BCUT2D eigenvalue weighted by Crippen LogP contribution is -2.02. The zero-order valence-corrected chi connectivity index (χ0v) is 11.3. The number of rotatable bonds is 4. The van der Waals surface area contributed by atoms with Crippen LogP contribution in [0, 0.1) is 5.82 Å². The molecule has 0 spiro atoms. The van der Waals surface area contributed by atoms with Crippen molar-refractivity contribution in [3.05, 3.63) is 50.9 Å². The highest BCUT2D eigenvalue weighted by Crippen LogP contribution is 2.33. The van der Waals surface area contributed by atoms with Crippen molar-refractivity contribution in [1.29, 1.82) is 0 Å². The number of aliphatic hydroxyl groups excluding tert-OH is 1. The van der Waals surface area contributed by atoms with Gasteiger partial charge in [-0.2, -0.15) is 0 Å². The summed E-state index contributed by atoms with van der Waals surface area (Å²) in [7, 11) is 1.55. The molecule has 1 N–H and O–H groups in total. The van der Waals surface area contributed by atoms with Crippen molar-refractivity contribution in [2.45, 2.75) is 12.5 Å². The van der Waals surface area contributed by atoms with E-state index in [1.807, 2.05) is 5.38 Å². The maximum Gasteiger partial charge on any atom is 0.135 e. The number of ether oxygens (including phenoxy) is 1. The molecule has 96 valence electrons. The second-order valence-corrected chi connectivity index (χ2v) is 5.16. The van der Waals surface area contributed by atoms with Crippen LogP contribution in [0.25, 0.3) is 0 Å². The lowest BCUT2D eigenvalue weighted by atomic mass is 10.1. The third kappa shape index (κ3) is 2.83. The number of hydrogen-bond donors (Lipinski definition) is 1. The molecule has 0 saturated heterocycles. The van der Waals surface area contributed by atoms with Gasteiger partial charge in [0, 0.05) is 11.4 Å². The average molecular weight is 287 g/mol. The van der Waals surface area contributed by atoms with Gasteiger partial charge in [0.05, 0.1) is 18.1 Å². The molecule has 2 nitrogen and oxygen atoms in total. The van der Waals surface area contributed by atoms with E-state index in [-0.39, 0.29) is 12.2 Å². The molecule has 1 heterocycles. The van der Waals surface area contributed by atoms with Gasteiger partial charge in [-0.3, -0.25) is 0 Å². The predicted octanol–water partition coefficient (Wildman–Crippen LogP) is 3.83. The Labute approximate surface area is 114 Å². The molecule has 0 saturated carbocycles. The lowest BCUT2D eigenvalue weighted by Gasteiger charge is -2.12. The molecule has 0 bridgehead atoms. The number of halogens is 2. The van der Waals surface area contributed by atoms with Crippen LogP contribution in [-0.2, 0) is 6.42 Å². The van der Waals surface area contributed by atoms with Gasteiger partial charge in [-0.15, -0.1) is 11.3 Å². The van der Waals surface area contributed by atoms with Gasteiger partial charge in [-0.05, 0) is 35.2 Å². The predicted molar refractivity (Wildman–Crippen MR) is 70.9 cm³/mol. The molecule has 1 aromatic heterocycles. The van der Waals surface area contributed by atoms with Crippen molar-refractivity contribution >= 4 is 22.9 Å². The number of hydrogen-bond acceptors (Lipinski definition) is 3. The van der Waals surface area contributed by atoms with E-state index in [0.29, 0.717) is 16.3 Å². The van der Waals surface area contributed by atoms with Gasteiger partial charge in [0.1, 0.15) is 11.6 Å². The Morgan fingerprint density at radius 1 is 1.44 bits per heavy atom. The van der Waals surface area contributed by atoms with Crippen LogP contribution >= 0.6 is 22.9 Å². The van der Waals surface area contributed by atoms with Crippen molar-refractivity contribution in [2.24, 2.45) is 0 Å². The van der Waals surface area contributed by atoms with Crippen LogP contribution in [0.5, 0.6) is 5.75 Å². The van der Waals surface area contributed by atoms with E-state index < -0.39 is 6.10 Å². The molecular formula is C13H12ClFO2S. The maximum absolute atomic E-state index is 13.1. The van der Waals surface area contributed by atoms with Crippen molar-refractivity contribution in [3.8, 4) is 5.75 Å². The number of methoxy groups -OCH3 is 1. The first-order valence-electron chi connectivity index (χ1n) is 5.35. The Morgan fingerprint density at radius 3 is 2.94 bits per heavy atom. The van der Waals surface area contributed by atoms with E-state index in [1.165, 1.54) is 29.5 Å². The van der Waals surface area contributed by atoms with Gasteiger partial charge in [0.2, 0.25) is 0 Å². The Hall–Kier alpha value is -1.10. The van der Waals surface area contributed by atoms with E-state index >= 15 is 0 Å². The Kier molecular flexibility index (Phi) is 4.22. The van der Waals surface area contributed by atoms with Gasteiger partial charge in [0.25, 0.3) is 0 Å². The summed E-state index contributed by atoms with van der Waals surface area (Å²) in [6, 6.07) is 5.91. The normalized spacial score (nSPS) is 12.4. The molecule has 2 aromatic rings. The van der Waals surface area contributed by atoms with Crippen molar-refractivity contribution in [2.75, 3.05) is 7.11 Å². The molecule has 0 fully saturated rings. The van der Waals surface area contributed by atoms with E-state index in [2.05, 4.69) is 0 Å². The molecule has 0 amide bonds. The van der Waals surface area contributed by atoms with E-state index in [4.69, 9.17) is 16.3 Å². The molecule has 0 radical (unpaired) electrons. The topological polar surface area (TPSA) is 29.5 Å². The smallest absolute Gasteiger partial charge is 0.135 e. The molecule has 5 heteroatoms. The maximum atomic E-state index is 13.1. The van der Waals surface area contributed by atoms with Crippen LogP contribution in [-0.4, -0.2) is 12.2 Å². The summed E-state index contributed by atoms with van der Waals surface area (Å²) in [5, 5.41) is 12.4. The minimum atomic E-state index is -0.751. The summed E-state index contributed by atoms with van der Waals surface area (Å²) in [6.45, 7) is 0. The lowest BCUT2D eigenvalue weighted by molar-refractivity contribution is 0.178. The minimum absolute atomic E-state index is 0.257. The Balaban J connectivity index is 2.21. The molecule has 0 aliphatic carbocycles. The summed E-state index contributed by atoms with van der Waals surface area (Å²) in [5.74, 6) is 0.278. The molecule has 2 rings (SSSR count). The zero-order chi connectivity index (χ0) is 13.1. The second-order valence-electron chi connectivity index (χ2n) is 3.81. The fraction of sp³-hybridized carbons (Fsp3) is 0.231. The summed E-state index contributed by atoms with van der Waals surface area (Å²) >= 11 is 7.37. The molecule has 1 aromatic carbocycles. The Bertz CT molecular complexity index is 542. The standard InChI is InChI=1S/C13H12ClFO2S/c1-17-12-4-5-18-13(12)11(16)7-8-6-9(15)2-3-10(8)14/h2-6,11,16H,7H2,1H3. The third-order valence-corrected chi connectivity index (χ3v) is 3.97. The average Bonchev–Trinajstić information content (AvgIpc) is 2.82. The minimum Gasteiger partial charge on any atom is -0.495 e. The van der Waals surface area contributed by atoms with E-state index in [9.17, 15) is 9.50 Å². The molecule has 1 unspecified atom stereocenters. The molecule has 0 aliphatic rings. The van der Waals surface area contributed by atoms with Crippen LogP contribution in [0.2, 0.25) is 5.02 Å². The highest BCUT2D eigenvalue weighted by atomic mass is 35.5. The van der Waals surface area contributed by atoms with Gasteiger partial charge in [-0.25, -0.2) is 4.39 Å². The van der Waals surface area contributed by atoms with Crippen LogP contribution in [0.4, 0.5) is 4.39 Å². The number of thiophene rings is 1. The first-order valence-corrected chi connectivity index (χ1v) is 6.61. The summed E-state index contributed by atoms with van der Waals surface area (Å²) in [5.41, 5.74) is 0.583.